The van der Waals surface area contributed by atoms with Crippen molar-refractivity contribution in [3.05, 3.63) is 0 Å². The number of carboxylic acids is 1. The second-order valence-corrected chi connectivity index (χ2v) is 3.87. The average molecular weight is 226 g/mol. The van der Waals surface area contributed by atoms with Gasteiger partial charge in [-0.3, -0.25) is 0 Å². The maximum Gasteiger partial charge on any atom is 0.326 e. The van der Waals surface area contributed by atoms with Gasteiger partial charge < -0.3 is 15.7 Å². The number of rotatable bonds is 6. The minimum Gasteiger partial charge on any atom is -0.480 e. The van der Waals surface area contributed by atoms with Crippen molar-refractivity contribution in [2.45, 2.75) is 32.7 Å². The Morgan fingerprint density at radius 1 is 1.44 bits per heavy atom. The minimum atomic E-state index is -1.03. The summed E-state index contributed by atoms with van der Waals surface area (Å²) in [5.41, 5.74) is 0. The molecular weight excluding hydrogens is 208 g/mol. The molecule has 0 aliphatic rings. The highest BCUT2D eigenvalue weighted by molar-refractivity contribution is 5.82. The van der Waals surface area contributed by atoms with Gasteiger partial charge in [-0.1, -0.05) is 13.8 Å². The molecule has 0 aliphatic carbocycles. The maximum atomic E-state index is 11.3. The molecule has 0 saturated heterocycles. The van der Waals surface area contributed by atoms with E-state index in [1.54, 1.807) is 0 Å². The lowest BCUT2D eigenvalue weighted by Gasteiger charge is -2.16. The zero-order chi connectivity index (χ0) is 12.6. The molecule has 0 aromatic rings. The molecule has 3 N–H and O–H groups in total. The van der Waals surface area contributed by atoms with Gasteiger partial charge in [0.2, 0.25) is 0 Å². The highest BCUT2D eigenvalue weighted by Crippen LogP contribution is 2.04. The van der Waals surface area contributed by atoms with Crippen LogP contribution in [0, 0.1) is 18.3 Å². The standard InChI is InChI=1S/C11H18N2O3/c1-4-5-6-12-11(16)13-9(10(14)15)7-8(2)3/h1,8-9H,5-7H2,2-3H3,(H,14,15)(H2,12,13,16). The number of carboxylic acid groups (broad SMARTS) is 1. The first-order chi connectivity index (χ1) is 7.47. The molecule has 90 valence electrons. The second kappa shape index (κ2) is 7.57. The summed E-state index contributed by atoms with van der Waals surface area (Å²) in [6, 6.07) is -1.35. The van der Waals surface area contributed by atoms with Crippen molar-refractivity contribution < 1.29 is 14.7 Å². The fraction of sp³-hybridized carbons (Fsp3) is 0.636. The van der Waals surface area contributed by atoms with Crippen LogP contribution in [-0.2, 0) is 4.79 Å². The van der Waals surface area contributed by atoms with E-state index < -0.39 is 18.0 Å². The molecule has 5 heteroatoms. The predicted octanol–water partition coefficient (Wildman–Crippen LogP) is 0.808. The third kappa shape index (κ3) is 6.71. The Morgan fingerprint density at radius 2 is 2.06 bits per heavy atom. The Bertz CT molecular complexity index is 281. The van der Waals surface area contributed by atoms with E-state index >= 15 is 0 Å². The van der Waals surface area contributed by atoms with Crippen molar-refractivity contribution in [1.29, 1.82) is 0 Å². The summed E-state index contributed by atoms with van der Waals surface area (Å²) >= 11 is 0. The number of carbonyl (C=O) groups excluding carboxylic acids is 1. The van der Waals surface area contributed by atoms with Gasteiger partial charge in [0, 0.05) is 13.0 Å². The smallest absolute Gasteiger partial charge is 0.326 e. The van der Waals surface area contributed by atoms with Crippen LogP contribution in [0.4, 0.5) is 4.79 Å². The first kappa shape index (κ1) is 14.3. The van der Waals surface area contributed by atoms with Crippen LogP contribution in [0.25, 0.3) is 0 Å². The lowest BCUT2D eigenvalue weighted by molar-refractivity contribution is -0.139. The van der Waals surface area contributed by atoms with Crippen molar-refractivity contribution in [3.8, 4) is 12.3 Å². The van der Waals surface area contributed by atoms with E-state index in [-0.39, 0.29) is 5.92 Å². The monoisotopic (exact) mass is 226 g/mol. The second-order valence-electron chi connectivity index (χ2n) is 3.87. The molecule has 0 rings (SSSR count). The van der Waals surface area contributed by atoms with Gasteiger partial charge in [0.15, 0.2) is 0 Å². The summed E-state index contributed by atoms with van der Waals surface area (Å²) < 4.78 is 0. The number of hydrogen-bond donors (Lipinski definition) is 3. The Morgan fingerprint density at radius 3 is 2.50 bits per heavy atom. The summed E-state index contributed by atoms with van der Waals surface area (Å²) in [5, 5.41) is 13.7. The Labute approximate surface area is 95.6 Å². The van der Waals surface area contributed by atoms with Gasteiger partial charge in [-0.05, 0) is 12.3 Å². The van der Waals surface area contributed by atoms with Crippen LogP contribution in [-0.4, -0.2) is 29.7 Å². The fourth-order valence-corrected chi connectivity index (χ4v) is 1.15. The number of carbonyl (C=O) groups is 2. The Balaban J connectivity index is 4.04. The van der Waals surface area contributed by atoms with Gasteiger partial charge in [-0.15, -0.1) is 12.3 Å². The van der Waals surface area contributed by atoms with Crippen LogP contribution in [0.15, 0.2) is 0 Å². The van der Waals surface area contributed by atoms with E-state index in [1.165, 1.54) is 0 Å². The molecule has 0 spiro atoms. The number of amides is 2. The fourth-order valence-electron chi connectivity index (χ4n) is 1.15. The topological polar surface area (TPSA) is 78.4 Å². The third-order valence-corrected chi connectivity index (χ3v) is 1.87. The van der Waals surface area contributed by atoms with Gasteiger partial charge >= 0.3 is 12.0 Å². The molecule has 0 bridgehead atoms. The van der Waals surface area contributed by atoms with E-state index in [4.69, 9.17) is 11.5 Å². The van der Waals surface area contributed by atoms with E-state index in [2.05, 4.69) is 16.6 Å². The largest absolute Gasteiger partial charge is 0.480 e. The van der Waals surface area contributed by atoms with Crippen molar-refractivity contribution in [1.82, 2.24) is 10.6 Å². The van der Waals surface area contributed by atoms with Gasteiger partial charge in [-0.25, -0.2) is 9.59 Å². The van der Waals surface area contributed by atoms with Crippen LogP contribution < -0.4 is 10.6 Å². The molecule has 1 unspecified atom stereocenters. The van der Waals surface area contributed by atoms with Crippen molar-refractivity contribution >= 4 is 12.0 Å². The molecule has 0 heterocycles. The maximum absolute atomic E-state index is 11.3. The molecule has 0 radical (unpaired) electrons. The van der Waals surface area contributed by atoms with E-state index in [0.29, 0.717) is 19.4 Å². The molecule has 0 saturated carbocycles. The first-order valence-electron chi connectivity index (χ1n) is 5.18. The van der Waals surface area contributed by atoms with Crippen LogP contribution in [0.1, 0.15) is 26.7 Å². The Hall–Kier alpha value is -1.70. The van der Waals surface area contributed by atoms with Gasteiger partial charge in [-0.2, -0.15) is 0 Å². The summed E-state index contributed by atoms with van der Waals surface area (Å²) in [7, 11) is 0. The van der Waals surface area contributed by atoms with E-state index in [1.807, 2.05) is 13.8 Å². The molecule has 2 amide bonds. The van der Waals surface area contributed by atoms with Crippen LogP contribution in [0.2, 0.25) is 0 Å². The SMILES string of the molecule is C#CCCNC(=O)NC(CC(C)C)C(=O)O. The van der Waals surface area contributed by atoms with Gasteiger partial charge in [0.1, 0.15) is 6.04 Å². The van der Waals surface area contributed by atoms with Crippen molar-refractivity contribution in [2.75, 3.05) is 6.54 Å². The molecular formula is C11H18N2O3. The number of terminal acetylenes is 1. The summed E-state index contributed by atoms with van der Waals surface area (Å²) in [4.78, 5) is 22.1. The molecule has 5 nitrogen and oxygen atoms in total. The van der Waals surface area contributed by atoms with Crippen LogP contribution >= 0.6 is 0 Å². The quantitative estimate of drug-likeness (QED) is 0.463. The molecule has 0 aromatic heterocycles. The average Bonchev–Trinajstić information content (AvgIpc) is 2.16. The molecule has 16 heavy (non-hydrogen) atoms. The zero-order valence-corrected chi connectivity index (χ0v) is 9.62. The predicted molar refractivity (Wildman–Crippen MR) is 60.9 cm³/mol. The zero-order valence-electron chi connectivity index (χ0n) is 9.62. The van der Waals surface area contributed by atoms with Gasteiger partial charge in [0.25, 0.3) is 0 Å². The summed E-state index contributed by atoms with van der Waals surface area (Å²) in [6.07, 6.45) is 5.84. The first-order valence-corrected chi connectivity index (χ1v) is 5.18. The lowest BCUT2D eigenvalue weighted by atomic mass is 10.0. The van der Waals surface area contributed by atoms with E-state index in [0.717, 1.165) is 0 Å². The van der Waals surface area contributed by atoms with Crippen LogP contribution in [0.5, 0.6) is 0 Å². The number of nitrogens with one attached hydrogen (secondary N) is 2. The minimum absolute atomic E-state index is 0.201. The normalized spacial score (nSPS) is 11.6. The highest BCUT2D eigenvalue weighted by atomic mass is 16.4. The molecule has 1 atom stereocenters. The van der Waals surface area contributed by atoms with Crippen LogP contribution in [0.3, 0.4) is 0 Å². The molecule has 0 aliphatic heterocycles. The van der Waals surface area contributed by atoms with Crippen molar-refractivity contribution in [2.24, 2.45) is 5.92 Å². The highest BCUT2D eigenvalue weighted by Gasteiger charge is 2.20. The summed E-state index contributed by atoms with van der Waals surface area (Å²) in [6.45, 7) is 4.14. The Kier molecular flexibility index (Phi) is 6.77. The van der Waals surface area contributed by atoms with Crippen molar-refractivity contribution in [3.63, 3.8) is 0 Å². The number of urea groups is 1. The van der Waals surface area contributed by atoms with Gasteiger partial charge in [0.05, 0.1) is 0 Å². The summed E-state index contributed by atoms with van der Waals surface area (Å²) in [5.74, 6) is 1.55. The third-order valence-electron chi connectivity index (χ3n) is 1.87. The lowest BCUT2D eigenvalue weighted by Crippen LogP contribution is -2.46. The van der Waals surface area contributed by atoms with E-state index in [9.17, 15) is 9.59 Å². The molecule has 0 aromatic carbocycles. The number of hydrogen-bond acceptors (Lipinski definition) is 2. The number of aliphatic carboxylic acids is 1. The molecule has 0 fully saturated rings.